The fraction of sp³-hybridized carbons (Fsp3) is 0.200. The van der Waals surface area contributed by atoms with Gasteiger partial charge in [0.2, 0.25) is 0 Å². The Kier molecular flexibility index (Phi) is 2.60. The van der Waals surface area contributed by atoms with Crippen LogP contribution in [0.5, 0.6) is 0 Å². The molecule has 1 amide bonds. The van der Waals surface area contributed by atoms with Crippen LogP contribution in [0.25, 0.3) is 0 Å². The van der Waals surface area contributed by atoms with Gasteiger partial charge in [-0.1, -0.05) is 6.08 Å². The number of hydrogen-bond acceptors (Lipinski definition) is 3. The van der Waals surface area contributed by atoms with Crippen LogP contribution in [0, 0.1) is 0 Å². The lowest BCUT2D eigenvalue weighted by Crippen LogP contribution is -2.32. The molecule has 50 valence electrons. The molecular formula is C5H7NO3. The molecule has 3 N–H and O–H groups in total. The van der Waals surface area contributed by atoms with Gasteiger partial charge in [-0.2, -0.15) is 0 Å². The number of aliphatic hydroxyl groups is 1. The molecule has 1 unspecified atom stereocenters. The van der Waals surface area contributed by atoms with Crippen molar-refractivity contribution >= 4 is 11.7 Å². The summed E-state index contributed by atoms with van der Waals surface area (Å²) < 4.78 is 0. The maximum atomic E-state index is 10.3. The molecule has 0 aliphatic carbocycles. The minimum atomic E-state index is -1.46. The zero-order valence-electron chi connectivity index (χ0n) is 4.70. The Balaban J connectivity index is 4.03. The van der Waals surface area contributed by atoms with E-state index in [0.29, 0.717) is 0 Å². The van der Waals surface area contributed by atoms with Gasteiger partial charge in [0.05, 0.1) is 0 Å². The number of primary amides is 1. The molecule has 0 spiro atoms. The molecule has 0 saturated heterocycles. The molecule has 0 aromatic heterocycles. The van der Waals surface area contributed by atoms with Crippen LogP contribution in [-0.4, -0.2) is 22.9 Å². The summed E-state index contributed by atoms with van der Waals surface area (Å²) in [5.41, 5.74) is 4.52. The summed E-state index contributed by atoms with van der Waals surface area (Å²) in [6.45, 7) is 3.09. The molecule has 0 radical (unpaired) electrons. The first-order chi connectivity index (χ1) is 4.09. The van der Waals surface area contributed by atoms with E-state index in [9.17, 15) is 9.59 Å². The predicted octanol–water partition coefficient (Wildman–Crippen LogP) is -1.41. The Morgan fingerprint density at radius 3 is 2.22 bits per heavy atom. The number of hydrogen-bond donors (Lipinski definition) is 2. The molecule has 0 fully saturated rings. The smallest absolute Gasteiger partial charge is 0.287 e. The van der Waals surface area contributed by atoms with Crippen molar-refractivity contribution in [3.05, 3.63) is 12.7 Å². The van der Waals surface area contributed by atoms with Gasteiger partial charge >= 0.3 is 0 Å². The Labute approximate surface area is 52.0 Å². The largest absolute Gasteiger partial charge is 0.381 e. The molecule has 0 aliphatic rings. The molecule has 0 aromatic rings. The van der Waals surface area contributed by atoms with Crippen molar-refractivity contribution in [1.29, 1.82) is 0 Å². The molecule has 0 aromatic carbocycles. The number of carbonyl (C=O) groups excluding carboxylic acids is 2. The number of Topliss-reactive ketones (excluding diaryl/α,β-unsaturated/α-hetero) is 1. The van der Waals surface area contributed by atoms with Crippen LogP contribution in [0.4, 0.5) is 0 Å². The average molecular weight is 129 g/mol. The summed E-state index contributed by atoms with van der Waals surface area (Å²) in [6, 6.07) is 0. The van der Waals surface area contributed by atoms with Gasteiger partial charge in [-0.25, -0.2) is 0 Å². The fourth-order valence-corrected chi connectivity index (χ4v) is 0.253. The van der Waals surface area contributed by atoms with Gasteiger partial charge < -0.3 is 10.8 Å². The molecule has 0 aliphatic heterocycles. The van der Waals surface area contributed by atoms with Crippen molar-refractivity contribution in [3.8, 4) is 0 Å². The Bertz CT molecular complexity index is 152. The van der Waals surface area contributed by atoms with E-state index in [0.717, 1.165) is 6.08 Å². The molecular weight excluding hydrogens is 122 g/mol. The highest BCUT2D eigenvalue weighted by atomic mass is 16.3. The third-order valence-corrected chi connectivity index (χ3v) is 0.735. The predicted molar refractivity (Wildman–Crippen MR) is 30.4 cm³/mol. The van der Waals surface area contributed by atoms with Gasteiger partial charge in [-0.15, -0.1) is 6.58 Å². The highest BCUT2D eigenvalue weighted by Gasteiger charge is 2.15. The van der Waals surface area contributed by atoms with E-state index in [1.54, 1.807) is 0 Å². The zero-order chi connectivity index (χ0) is 7.44. The van der Waals surface area contributed by atoms with Crippen molar-refractivity contribution in [2.45, 2.75) is 6.10 Å². The number of aliphatic hydroxyl groups excluding tert-OH is 1. The van der Waals surface area contributed by atoms with Gasteiger partial charge in [0.25, 0.3) is 11.7 Å². The quantitative estimate of drug-likeness (QED) is 0.363. The summed E-state index contributed by atoms with van der Waals surface area (Å²) in [6.07, 6.45) is -0.518. The van der Waals surface area contributed by atoms with E-state index < -0.39 is 17.8 Å². The summed E-state index contributed by atoms with van der Waals surface area (Å²) in [7, 11) is 0. The van der Waals surface area contributed by atoms with Crippen LogP contribution in [0.15, 0.2) is 12.7 Å². The van der Waals surface area contributed by atoms with Crippen LogP contribution in [0.1, 0.15) is 0 Å². The first kappa shape index (κ1) is 7.84. The van der Waals surface area contributed by atoms with E-state index in [1.165, 1.54) is 0 Å². The lowest BCUT2D eigenvalue weighted by atomic mass is 10.2. The normalized spacial score (nSPS) is 12.1. The lowest BCUT2D eigenvalue weighted by Gasteiger charge is -1.96. The monoisotopic (exact) mass is 129 g/mol. The van der Waals surface area contributed by atoms with Crippen LogP contribution >= 0.6 is 0 Å². The fourth-order valence-electron chi connectivity index (χ4n) is 0.253. The molecule has 0 bridgehead atoms. The van der Waals surface area contributed by atoms with Crippen LogP contribution in [-0.2, 0) is 9.59 Å². The number of carbonyl (C=O) groups is 2. The highest BCUT2D eigenvalue weighted by molar-refractivity contribution is 6.37. The van der Waals surface area contributed by atoms with E-state index in [2.05, 4.69) is 12.3 Å². The van der Waals surface area contributed by atoms with Gasteiger partial charge in [-0.3, -0.25) is 9.59 Å². The van der Waals surface area contributed by atoms with Crippen molar-refractivity contribution < 1.29 is 14.7 Å². The van der Waals surface area contributed by atoms with Crippen molar-refractivity contribution in [3.63, 3.8) is 0 Å². The number of rotatable bonds is 3. The molecule has 0 rings (SSSR count). The molecule has 4 heteroatoms. The SMILES string of the molecule is C=CC(O)C(=O)C(N)=O. The summed E-state index contributed by atoms with van der Waals surface area (Å²) in [4.78, 5) is 20.2. The Morgan fingerprint density at radius 1 is 1.67 bits per heavy atom. The van der Waals surface area contributed by atoms with Gasteiger partial charge in [0.1, 0.15) is 6.10 Å². The van der Waals surface area contributed by atoms with E-state index >= 15 is 0 Å². The topological polar surface area (TPSA) is 80.4 Å². The number of nitrogens with two attached hydrogens (primary N) is 1. The van der Waals surface area contributed by atoms with Gasteiger partial charge in [-0.05, 0) is 0 Å². The maximum Gasteiger partial charge on any atom is 0.287 e. The molecule has 0 heterocycles. The summed E-state index contributed by atoms with van der Waals surface area (Å²) in [5, 5.41) is 8.53. The second-order valence-corrected chi connectivity index (χ2v) is 1.41. The first-order valence-electron chi connectivity index (χ1n) is 2.24. The molecule has 1 atom stereocenters. The summed E-state index contributed by atoms with van der Waals surface area (Å²) >= 11 is 0. The van der Waals surface area contributed by atoms with E-state index in [4.69, 9.17) is 5.11 Å². The zero-order valence-corrected chi connectivity index (χ0v) is 4.70. The molecule has 9 heavy (non-hydrogen) atoms. The molecule has 4 nitrogen and oxygen atoms in total. The molecule has 0 saturated carbocycles. The highest BCUT2D eigenvalue weighted by Crippen LogP contribution is 1.83. The second kappa shape index (κ2) is 2.99. The number of ketones is 1. The minimum Gasteiger partial charge on any atom is -0.381 e. The number of amides is 1. The standard InChI is InChI=1S/C5H7NO3/c1-2-3(7)4(8)5(6)9/h2-3,7H,1H2,(H2,6,9). The second-order valence-electron chi connectivity index (χ2n) is 1.41. The van der Waals surface area contributed by atoms with Crippen LogP contribution in [0.2, 0.25) is 0 Å². The van der Waals surface area contributed by atoms with Crippen molar-refractivity contribution in [2.75, 3.05) is 0 Å². The third-order valence-electron chi connectivity index (χ3n) is 0.735. The van der Waals surface area contributed by atoms with Crippen molar-refractivity contribution in [2.24, 2.45) is 5.73 Å². The first-order valence-corrected chi connectivity index (χ1v) is 2.24. The minimum absolute atomic E-state index is 0.938. The van der Waals surface area contributed by atoms with E-state index in [-0.39, 0.29) is 0 Å². The maximum absolute atomic E-state index is 10.3. The van der Waals surface area contributed by atoms with Crippen molar-refractivity contribution in [1.82, 2.24) is 0 Å². The van der Waals surface area contributed by atoms with Gasteiger partial charge in [0.15, 0.2) is 0 Å². The summed E-state index contributed by atoms with van der Waals surface area (Å²) in [5.74, 6) is -2.19. The third kappa shape index (κ3) is 2.05. The average Bonchev–Trinajstić information content (AvgIpc) is 1.84. The van der Waals surface area contributed by atoms with Crippen LogP contribution < -0.4 is 5.73 Å². The Morgan fingerprint density at radius 2 is 2.11 bits per heavy atom. The lowest BCUT2D eigenvalue weighted by molar-refractivity contribution is -0.139. The van der Waals surface area contributed by atoms with Gasteiger partial charge in [0, 0.05) is 0 Å². The van der Waals surface area contributed by atoms with E-state index in [1.807, 2.05) is 0 Å². The van der Waals surface area contributed by atoms with Crippen LogP contribution in [0.3, 0.4) is 0 Å². The Hall–Kier alpha value is -1.16.